The summed E-state index contributed by atoms with van der Waals surface area (Å²) in [6.07, 6.45) is 3.27. The summed E-state index contributed by atoms with van der Waals surface area (Å²) < 4.78 is 5.08. The van der Waals surface area contributed by atoms with Gasteiger partial charge in [0.15, 0.2) is 6.04 Å². The number of aromatic nitrogens is 1. The summed E-state index contributed by atoms with van der Waals surface area (Å²) in [5, 5.41) is 11.7. The highest BCUT2D eigenvalue weighted by molar-refractivity contribution is 5.83. The van der Waals surface area contributed by atoms with Gasteiger partial charge in [-0.2, -0.15) is 0 Å². The van der Waals surface area contributed by atoms with E-state index in [1.165, 1.54) is 4.90 Å². The number of urea groups is 1. The maximum absolute atomic E-state index is 12.0. The summed E-state index contributed by atoms with van der Waals surface area (Å²) in [5.74, 6) is -1.06. The molecule has 2 N–H and O–H groups in total. The zero-order valence-corrected chi connectivity index (χ0v) is 10.3. The summed E-state index contributed by atoms with van der Waals surface area (Å²) in [5.41, 5.74) is 0.906. The molecule has 1 aliphatic heterocycles. The largest absolute Gasteiger partial charge is 0.480 e. The van der Waals surface area contributed by atoms with E-state index in [2.05, 4.69) is 10.3 Å². The van der Waals surface area contributed by atoms with Gasteiger partial charge < -0.3 is 20.1 Å². The predicted molar refractivity (Wildman–Crippen MR) is 65.4 cm³/mol. The minimum atomic E-state index is -1.06. The molecule has 1 aromatic rings. The Hall–Kier alpha value is -2.15. The van der Waals surface area contributed by atoms with E-state index < -0.39 is 18.0 Å². The third-order valence-electron chi connectivity index (χ3n) is 2.87. The summed E-state index contributed by atoms with van der Waals surface area (Å²) in [7, 11) is 0. The third kappa shape index (κ3) is 3.41. The fourth-order valence-corrected chi connectivity index (χ4v) is 1.83. The van der Waals surface area contributed by atoms with Gasteiger partial charge in [0.25, 0.3) is 0 Å². The van der Waals surface area contributed by atoms with Crippen LogP contribution in [0, 0.1) is 0 Å². The van der Waals surface area contributed by atoms with Crippen molar-refractivity contribution in [3.05, 3.63) is 30.1 Å². The Kier molecular flexibility index (Phi) is 4.30. The Balaban J connectivity index is 1.93. The van der Waals surface area contributed by atoms with E-state index in [1.54, 1.807) is 24.5 Å². The first-order valence-electron chi connectivity index (χ1n) is 5.92. The third-order valence-corrected chi connectivity index (χ3v) is 2.87. The van der Waals surface area contributed by atoms with Crippen LogP contribution in [0.25, 0.3) is 0 Å². The molecule has 2 amide bonds. The van der Waals surface area contributed by atoms with Crippen LogP contribution < -0.4 is 5.32 Å². The van der Waals surface area contributed by atoms with Crippen molar-refractivity contribution < 1.29 is 19.4 Å². The van der Waals surface area contributed by atoms with E-state index in [0.29, 0.717) is 13.2 Å². The standard InChI is InChI=1S/C12H15N3O4/c16-11(17)10-8-19-6-5-15(10)12(18)14-7-9-1-3-13-4-2-9/h1-4,10H,5-8H2,(H,14,18)(H,16,17). The quantitative estimate of drug-likeness (QED) is 0.807. The minimum absolute atomic E-state index is 0.0258. The van der Waals surface area contributed by atoms with Crippen molar-refractivity contribution in [2.75, 3.05) is 19.8 Å². The van der Waals surface area contributed by atoms with Crippen molar-refractivity contribution in [2.24, 2.45) is 0 Å². The number of hydrogen-bond donors (Lipinski definition) is 2. The highest BCUT2D eigenvalue weighted by Crippen LogP contribution is 2.08. The fourth-order valence-electron chi connectivity index (χ4n) is 1.83. The smallest absolute Gasteiger partial charge is 0.328 e. The van der Waals surface area contributed by atoms with Gasteiger partial charge in [0.2, 0.25) is 0 Å². The van der Waals surface area contributed by atoms with Crippen molar-refractivity contribution in [3.63, 3.8) is 0 Å². The summed E-state index contributed by atoms with van der Waals surface area (Å²) >= 11 is 0. The number of hydrogen-bond acceptors (Lipinski definition) is 4. The molecular weight excluding hydrogens is 250 g/mol. The van der Waals surface area contributed by atoms with Crippen LogP contribution in [0.15, 0.2) is 24.5 Å². The number of carbonyl (C=O) groups is 2. The molecular formula is C12H15N3O4. The van der Waals surface area contributed by atoms with Crippen LogP contribution in [0.5, 0.6) is 0 Å². The van der Waals surface area contributed by atoms with Gasteiger partial charge in [0, 0.05) is 25.5 Å². The molecule has 1 unspecified atom stereocenters. The van der Waals surface area contributed by atoms with Crippen LogP contribution in [-0.2, 0) is 16.1 Å². The number of morpholine rings is 1. The first-order chi connectivity index (χ1) is 9.18. The number of carboxylic acids is 1. The summed E-state index contributed by atoms with van der Waals surface area (Å²) in [6.45, 7) is 0.995. The molecule has 0 saturated carbocycles. The van der Waals surface area contributed by atoms with Crippen molar-refractivity contribution in [3.8, 4) is 0 Å². The highest BCUT2D eigenvalue weighted by Gasteiger charge is 2.32. The van der Waals surface area contributed by atoms with Crippen molar-refractivity contribution >= 4 is 12.0 Å². The first kappa shape index (κ1) is 13.3. The molecule has 0 radical (unpaired) electrons. The number of aliphatic carboxylic acids is 1. The zero-order valence-electron chi connectivity index (χ0n) is 10.3. The van der Waals surface area contributed by atoms with Gasteiger partial charge in [0.05, 0.1) is 13.2 Å². The second-order valence-corrected chi connectivity index (χ2v) is 4.14. The molecule has 2 heterocycles. The van der Waals surface area contributed by atoms with E-state index in [0.717, 1.165) is 5.56 Å². The summed E-state index contributed by atoms with van der Waals surface area (Å²) in [6, 6.07) is 2.25. The number of ether oxygens (including phenoxy) is 1. The lowest BCUT2D eigenvalue weighted by molar-refractivity contribution is -0.147. The van der Waals surface area contributed by atoms with Crippen LogP contribution >= 0.6 is 0 Å². The van der Waals surface area contributed by atoms with Gasteiger partial charge in [-0.1, -0.05) is 0 Å². The first-order valence-corrected chi connectivity index (χ1v) is 5.92. The molecule has 1 aromatic heterocycles. The van der Waals surface area contributed by atoms with Gasteiger partial charge in [-0.25, -0.2) is 9.59 Å². The number of nitrogens with one attached hydrogen (secondary N) is 1. The lowest BCUT2D eigenvalue weighted by Gasteiger charge is -2.32. The van der Waals surface area contributed by atoms with Crippen LogP contribution in [0.1, 0.15) is 5.56 Å². The molecule has 1 aliphatic rings. The molecule has 7 nitrogen and oxygen atoms in total. The molecule has 1 saturated heterocycles. The van der Waals surface area contributed by atoms with Gasteiger partial charge in [-0.15, -0.1) is 0 Å². The highest BCUT2D eigenvalue weighted by atomic mass is 16.5. The number of nitrogens with zero attached hydrogens (tertiary/aromatic N) is 2. The van der Waals surface area contributed by atoms with Gasteiger partial charge in [-0.05, 0) is 17.7 Å². The molecule has 19 heavy (non-hydrogen) atoms. The number of carbonyl (C=O) groups excluding carboxylic acids is 1. The lowest BCUT2D eigenvalue weighted by Crippen LogP contribution is -2.55. The minimum Gasteiger partial charge on any atom is -0.480 e. The van der Waals surface area contributed by atoms with Crippen LogP contribution in [0.4, 0.5) is 4.79 Å². The normalized spacial score (nSPS) is 18.9. The number of pyridine rings is 1. The van der Waals surface area contributed by atoms with Crippen molar-refractivity contribution in [1.29, 1.82) is 0 Å². The molecule has 2 rings (SSSR count). The maximum Gasteiger partial charge on any atom is 0.328 e. The molecule has 7 heteroatoms. The van der Waals surface area contributed by atoms with Crippen LogP contribution in [-0.4, -0.2) is 52.8 Å². The molecule has 0 bridgehead atoms. The Morgan fingerprint density at radius 2 is 2.21 bits per heavy atom. The molecule has 0 aliphatic carbocycles. The summed E-state index contributed by atoms with van der Waals surface area (Å²) in [4.78, 5) is 28.2. The monoisotopic (exact) mass is 265 g/mol. The van der Waals surface area contributed by atoms with E-state index in [-0.39, 0.29) is 13.2 Å². The van der Waals surface area contributed by atoms with Crippen LogP contribution in [0.2, 0.25) is 0 Å². The average molecular weight is 265 g/mol. The Morgan fingerprint density at radius 3 is 2.89 bits per heavy atom. The Bertz CT molecular complexity index is 452. The fraction of sp³-hybridized carbons (Fsp3) is 0.417. The molecule has 102 valence electrons. The zero-order chi connectivity index (χ0) is 13.7. The van der Waals surface area contributed by atoms with E-state index >= 15 is 0 Å². The SMILES string of the molecule is O=C(O)C1COCCN1C(=O)NCc1ccncc1. The van der Waals surface area contributed by atoms with E-state index in [1.807, 2.05) is 0 Å². The topological polar surface area (TPSA) is 91.8 Å². The number of amides is 2. The second-order valence-electron chi connectivity index (χ2n) is 4.14. The molecule has 1 atom stereocenters. The second kappa shape index (κ2) is 6.14. The predicted octanol–water partition coefficient (Wildman–Crippen LogP) is 0.0766. The van der Waals surface area contributed by atoms with Crippen molar-refractivity contribution in [2.45, 2.75) is 12.6 Å². The van der Waals surface area contributed by atoms with Crippen molar-refractivity contribution in [1.82, 2.24) is 15.2 Å². The van der Waals surface area contributed by atoms with Gasteiger partial charge >= 0.3 is 12.0 Å². The van der Waals surface area contributed by atoms with E-state index in [4.69, 9.17) is 9.84 Å². The molecule has 0 spiro atoms. The molecule has 1 fully saturated rings. The lowest BCUT2D eigenvalue weighted by atomic mass is 10.2. The van der Waals surface area contributed by atoms with Gasteiger partial charge in [0.1, 0.15) is 0 Å². The molecule has 0 aromatic carbocycles. The van der Waals surface area contributed by atoms with Gasteiger partial charge in [-0.3, -0.25) is 4.98 Å². The van der Waals surface area contributed by atoms with Crippen LogP contribution in [0.3, 0.4) is 0 Å². The van der Waals surface area contributed by atoms with E-state index in [9.17, 15) is 9.59 Å². The number of rotatable bonds is 3. The number of carboxylic acid groups (broad SMARTS) is 1. The Labute approximate surface area is 110 Å². The Morgan fingerprint density at radius 1 is 1.47 bits per heavy atom. The average Bonchev–Trinajstić information content (AvgIpc) is 2.46. The maximum atomic E-state index is 12.0.